The maximum Gasteiger partial charge on any atom is 0.416 e. The minimum Gasteiger partial charge on any atom is -0.360 e. The molecule has 2 N–H and O–H groups in total. The molecule has 1 aliphatic heterocycles. The Morgan fingerprint density at radius 3 is 2.46 bits per heavy atom. The van der Waals surface area contributed by atoms with Crippen molar-refractivity contribution in [3.05, 3.63) is 29.8 Å². The first kappa shape index (κ1) is 20.0. The van der Waals surface area contributed by atoms with Crippen molar-refractivity contribution in [3.8, 4) is 0 Å². The minimum absolute atomic E-state index is 0.0323. The van der Waals surface area contributed by atoms with Gasteiger partial charge in [0, 0.05) is 19.8 Å². The van der Waals surface area contributed by atoms with E-state index in [1.165, 1.54) is 11.0 Å². The zero-order chi connectivity index (χ0) is 19.3. The van der Waals surface area contributed by atoms with Crippen LogP contribution in [0, 0.1) is 0 Å². The lowest BCUT2D eigenvalue weighted by Crippen LogP contribution is -3.16. The number of rotatable bonds is 5. The van der Waals surface area contributed by atoms with Crippen molar-refractivity contribution >= 4 is 17.5 Å². The van der Waals surface area contributed by atoms with Crippen molar-refractivity contribution in [3.63, 3.8) is 0 Å². The monoisotopic (exact) mass is 373 g/mol. The number of halogens is 3. The third-order valence-corrected chi connectivity index (χ3v) is 4.36. The molecule has 0 bridgehead atoms. The first-order valence-corrected chi connectivity index (χ1v) is 8.39. The van der Waals surface area contributed by atoms with Crippen LogP contribution in [0.1, 0.15) is 5.56 Å². The second kappa shape index (κ2) is 8.39. The molecule has 2 rings (SSSR count). The second-order valence-electron chi connectivity index (χ2n) is 6.53. The molecule has 1 saturated heterocycles. The summed E-state index contributed by atoms with van der Waals surface area (Å²) in [4.78, 5) is 27.7. The lowest BCUT2D eigenvalue weighted by Gasteiger charge is -2.33. The SMILES string of the molecule is CN(C)C(=O)CNC(=O)C[NH+]1CCN(c2cccc(C(F)(F)F)c2)CC1. The van der Waals surface area contributed by atoms with Gasteiger partial charge in [0.15, 0.2) is 6.54 Å². The molecule has 6 nitrogen and oxygen atoms in total. The molecule has 0 radical (unpaired) electrons. The minimum atomic E-state index is -4.36. The van der Waals surface area contributed by atoms with Crippen LogP contribution in [0.4, 0.5) is 18.9 Å². The Bertz CT molecular complexity index is 641. The topological polar surface area (TPSA) is 57.1 Å². The summed E-state index contributed by atoms with van der Waals surface area (Å²) < 4.78 is 38.5. The number of carbonyl (C=O) groups is 2. The van der Waals surface area contributed by atoms with E-state index in [2.05, 4.69) is 5.32 Å². The molecule has 2 amide bonds. The average molecular weight is 373 g/mol. The van der Waals surface area contributed by atoms with E-state index in [0.29, 0.717) is 31.9 Å². The number of alkyl halides is 3. The Kier molecular flexibility index (Phi) is 6.47. The summed E-state index contributed by atoms with van der Waals surface area (Å²) in [5, 5.41) is 2.59. The number of hydrogen-bond acceptors (Lipinski definition) is 3. The number of hydrogen-bond donors (Lipinski definition) is 2. The molecule has 9 heteroatoms. The highest BCUT2D eigenvalue weighted by atomic mass is 19.4. The maximum atomic E-state index is 12.8. The number of piperazine rings is 1. The molecule has 144 valence electrons. The van der Waals surface area contributed by atoms with Gasteiger partial charge in [0.25, 0.3) is 5.91 Å². The highest BCUT2D eigenvalue weighted by Gasteiger charge is 2.31. The van der Waals surface area contributed by atoms with Crippen LogP contribution in [-0.4, -0.2) is 70.1 Å². The van der Waals surface area contributed by atoms with Gasteiger partial charge in [-0.05, 0) is 18.2 Å². The van der Waals surface area contributed by atoms with Gasteiger partial charge in [0.2, 0.25) is 5.91 Å². The van der Waals surface area contributed by atoms with Crippen molar-refractivity contribution in [2.75, 3.05) is 58.3 Å². The maximum absolute atomic E-state index is 12.8. The van der Waals surface area contributed by atoms with Gasteiger partial charge in [0.1, 0.15) is 0 Å². The molecule has 26 heavy (non-hydrogen) atoms. The molecule has 1 aromatic carbocycles. The van der Waals surface area contributed by atoms with E-state index >= 15 is 0 Å². The van der Waals surface area contributed by atoms with E-state index < -0.39 is 11.7 Å². The molecular weight excluding hydrogens is 349 g/mol. The van der Waals surface area contributed by atoms with Gasteiger partial charge in [-0.2, -0.15) is 13.2 Å². The standard InChI is InChI=1S/C17H23F3N4O2/c1-22(2)16(26)11-21-15(25)12-23-6-8-24(9-7-23)14-5-3-4-13(10-14)17(18,19)20/h3-5,10H,6-9,11-12H2,1-2H3,(H,21,25)/p+1. The Labute approximate surface area is 150 Å². The molecule has 0 spiro atoms. The number of likely N-dealkylation sites (N-methyl/N-ethyl adjacent to an activating group) is 1. The van der Waals surface area contributed by atoms with Gasteiger partial charge in [-0.25, -0.2) is 0 Å². The molecule has 0 saturated carbocycles. The average Bonchev–Trinajstić information content (AvgIpc) is 2.59. The molecule has 1 aliphatic rings. The van der Waals surface area contributed by atoms with Crippen molar-refractivity contribution in [2.24, 2.45) is 0 Å². The summed E-state index contributed by atoms with van der Waals surface area (Å²) in [6.07, 6.45) is -4.36. The third kappa shape index (κ3) is 5.62. The van der Waals surface area contributed by atoms with E-state index in [0.717, 1.165) is 17.0 Å². The number of carbonyl (C=O) groups excluding carboxylic acids is 2. The Hall–Kier alpha value is -2.29. The molecule has 0 aliphatic carbocycles. The largest absolute Gasteiger partial charge is 0.416 e. The van der Waals surface area contributed by atoms with Crippen molar-refractivity contribution < 1.29 is 27.7 Å². The summed E-state index contributed by atoms with van der Waals surface area (Å²) in [5.74, 6) is -0.384. The van der Waals surface area contributed by atoms with Crippen LogP contribution in [-0.2, 0) is 15.8 Å². The van der Waals surface area contributed by atoms with E-state index in [-0.39, 0.29) is 24.9 Å². The van der Waals surface area contributed by atoms with Crippen LogP contribution in [0.2, 0.25) is 0 Å². The summed E-state index contributed by atoms with van der Waals surface area (Å²) in [6, 6.07) is 5.29. The van der Waals surface area contributed by atoms with E-state index in [4.69, 9.17) is 0 Å². The van der Waals surface area contributed by atoms with Gasteiger partial charge in [0.05, 0.1) is 38.3 Å². The van der Waals surface area contributed by atoms with Gasteiger partial charge < -0.3 is 20.0 Å². The lowest BCUT2D eigenvalue weighted by molar-refractivity contribution is -0.892. The fourth-order valence-electron chi connectivity index (χ4n) is 2.76. The fraction of sp³-hybridized carbons (Fsp3) is 0.529. The Morgan fingerprint density at radius 2 is 1.88 bits per heavy atom. The van der Waals surface area contributed by atoms with Crippen molar-refractivity contribution in [1.82, 2.24) is 10.2 Å². The lowest BCUT2D eigenvalue weighted by atomic mass is 10.1. The summed E-state index contributed by atoms with van der Waals surface area (Å²) in [6.45, 7) is 2.64. The highest BCUT2D eigenvalue weighted by molar-refractivity contribution is 5.84. The zero-order valence-corrected chi connectivity index (χ0v) is 14.9. The van der Waals surface area contributed by atoms with Crippen LogP contribution in [0.3, 0.4) is 0 Å². The van der Waals surface area contributed by atoms with Crippen LogP contribution in [0.15, 0.2) is 24.3 Å². The van der Waals surface area contributed by atoms with Crippen LogP contribution in [0.25, 0.3) is 0 Å². The molecule has 0 unspecified atom stereocenters. The summed E-state index contributed by atoms with van der Waals surface area (Å²) in [7, 11) is 3.24. The molecule has 0 aromatic heterocycles. The van der Waals surface area contributed by atoms with Gasteiger partial charge in [-0.1, -0.05) is 6.07 Å². The smallest absolute Gasteiger partial charge is 0.360 e. The first-order valence-electron chi connectivity index (χ1n) is 8.39. The molecular formula is C17H24F3N4O2+. The summed E-state index contributed by atoms with van der Waals surface area (Å²) >= 11 is 0. The molecule has 1 aromatic rings. The quantitative estimate of drug-likeness (QED) is 0.740. The summed E-state index contributed by atoms with van der Waals surface area (Å²) in [5.41, 5.74) is -0.116. The second-order valence-corrected chi connectivity index (χ2v) is 6.53. The van der Waals surface area contributed by atoms with Crippen LogP contribution < -0.4 is 15.1 Å². The fourth-order valence-corrected chi connectivity index (χ4v) is 2.76. The number of nitrogens with zero attached hydrogens (tertiary/aromatic N) is 2. The number of amides is 2. The number of anilines is 1. The Morgan fingerprint density at radius 1 is 1.23 bits per heavy atom. The zero-order valence-electron chi connectivity index (χ0n) is 14.9. The van der Waals surface area contributed by atoms with Crippen molar-refractivity contribution in [2.45, 2.75) is 6.18 Å². The van der Waals surface area contributed by atoms with Crippen LogP contribution >= 0.6 is 0 Å². The van der Waals surface area contributed by atoms with E-state index in [9.17, 15) is 22.8 Å². The molecule has 1 heterocycles. The highest BCUT2D eigenvalue weighted by Crippen LogP contribution is 2.31. The predicted octanol–water partition coefficient (Wildman–Crippen LogP) is -0.385. The van der Waals surface area contributed by atoms with Gasteiger partial charge in [-0.15, -0.1) is 0 Å². The Balaban J connectivity index is 1.82. The third-order valence-electron chi connectivity index (χ3n) is 4.36. The normalized spacial score (nSPS) is 15.7. The van der Waals surface area contributed by atoms with Gasteiger partial charge >= 0.3 is 6.18 Å². The predicted molar refractivity (Wildman–Crippen MR) is 90.9 cm³/mol. The molecule has 0 atom stereocenters. The number of quaternary nitrogens is 1. The van der Waals surface area contributed by atoms with Crippen molar-refractivity contribution in [1.29, 1.82) is 0 Å². The van der Waals surface area contributed by atoms with Gasteiger partial charge in [-0.3, -0.25) is 9.59 Å². The first-order chi connectivity index (χ1) is 12.2. The molecule has 1 fully saturated rings. The van der Waals surface area contributed by atoms with Crippen LogP contribution in [0.5, 0.6) is 0 Å². The van der Waals surface area contributed by atoms with E-state index in [1.807, 2.05) is 4.90 Å². The number of nitrogens with one attached hydrogen (secondary N) is 2. The number of benzene rings is 1. The van der Waals surface area contributed by atoms with E-state index in [1.54, 1.807) is 20.2 Å².